The van der Waals surface area contributed by atoms with Crippen molar-refractivity contribution < 1.29 is 23.1 Å². The molecule has 5 nitrogen and oxygen atoms in total. The minimum absolute atomic E-state index is 0.0806. The first-order chi connectivity index (χ1) is 11.4. The summed E-state index contributed by atoms with van der Waals surface area (Å²) in [6.45, 7) is 1.98. The lowest BCUT2D eigenvalue weighted by Gasteiger charge is -2.15. The zero-order valence-electron chi connectivity index (χ0n) is 13.7. The summed E-state index contributed by atoms with van der Waals surface area (Å²) in [7, 11) is -2.24. The summed E-state index contributed by atoms with van der Waals surface area (Å²) in [6.07, 6.45) is 1.49. The maximum atomic E-state index is 12.6. The van der Waals surface area contributed by atoms with E-state index in [0.717, 1.165) is 12.0 Å². The number of ether oxygens (including phenoxy) is 1. The molecule has 0 heterocycles. The number of carboxylic acids is 1. The van der Waals surface area contributed by atoms with Gasteiger partial charge in [0.1, 0.15) is 11.3 Å². The predicted molar refractivity (Wildman–Crippen MR) is 91.3 cm³/mol. The van der Waals surface area contributed by atoms with Gasteiger partial charge in [0, 0.05) is 0 Å². The summed E-state index contributed by atoms with van der Waals surface area (Å²) in [5.74, 6) is -1.34. The summed E-state index contributed by atoms with van der Waals surface area (Å²) < 4.78 is 30.4. The number of sulfone groups is 1. The van der Waals surface area contributed by atoms with Crippen molar-refractivity contribution in [2.45, 2.75) is 30.4 Å². The van der Waals surface area contributed by atoms with Gasteiger partial charge in [-0.15, -0.1) is 0 Å². The van der Waals surface area contributed by atoms with Crippen molar-refractivity contribution in [3.63, 3.8) is 0 Å². The molecule has 2 aromatic rings. The molecule has 2 rings (SSSR count). The third-order valence-electron chi connectivity index (χ3n) is 3.71. The van der Waals surface area contributed by atoms with Crippen LogP contribution in [0.5, 0.6) is 5.75 Å². The smallest absolute Gasteiger partial charge is 0.339 e. The zero-order chi connectivity index (χ0) is 17.7. The van der Waals surface area contributed by atoms with Crippen LogP contribution in [0.15, 0.2) is 47.4 Å². The average Bonchev–Trinajstić information content (AvgIpc) is 2.56. The summed E-state index contributed by atoms with van der Waals surface area (Å²) >= 11 is 0. The molecule has 24 heavy (non-hydrogen) atoms. The first-order valence-corrected chi connectivity index (χ1v) is 9.25. The second-order valence-electron chi connectivity index (χ2n) is 5.42. The van der Waals surface area contributed by atoms with E-state index in [2.05, 4.69) is 0 Å². The van der Waals surface area contributed by atoms with Gasteiger partial charge in [0.05, 0.1) is 17.8 Å². The second kappa shape index (κ2) is 7.49. The molecule has 0 aliphatic carbocycles. The Labute approximate surface area is 141 Å². The average molecular weight is 348 g/mol. The Bertz CT molecular complexity index is 826. The van der Waals surface area contributed by atoms with E-state index in [9.17, 15) is 18.3 Å². The molecule has 2 aromatic carbocycles. The minimum atomic E-state index is -3.64. The Kier molecular flexibility index (Phi) is 5.62. The summed E-state index contributed by atoms with van der Waals surface area (Å²) in [6, 6.07) is 11.3. The number of carbonyl (C=O) groups is 1. The molecule has 0 amide bonds. The normalized spacial score (nSPS) is 11.2. The maximum Gasteiger partial charge on any atom is 0.339 e. The molecule has 6 heteroatoms. The lowest BCUT2D eigenvalue weighted by atomic mass is 10.0. The Morgan fingerprint density at radius 3 is 2.25 bits per heavy atom. The van der Waals surface area contributed by atoms with Crippen molar-refractivity contribution >= 4 is 15.8 Å². The molecular weight excluding hydrogens is 328 g/mol. The number of hydrogen-bond donors (Lipinski definition) is 1. The number of methoxy groups -OCH3 is 1. The van der Waals surface area contributed by atoms with Gasteiger partial charge in [-0.3, -0.25) is 0 Å². The highest BCUT2D eigenvalue weighted by Crippen LogP contribution is 2.30. The van der Waals surface area contributed by atoms with Crippen molar-refractivity contribution in [1.29, 1.82) is 0 Å². The SMILES string of the molecule is CCCc1ccc(CS(=O)(=O)c2ccccc2)c(C(=O)O)c1OC. The third-order valence-corrected chi connectivity index (χ3v) is 5.39. The highest BCUT2D eigenvalue weighted by molar-refractivity contribution is 7.90. The maximum absolute atomic E-state index is 12.6. The fourth-order valence-electron chi connectivity index (χ4n) is 2.64. The molecule has 0 unspecified atom stereocenters. The predicted octanol–water partition coefficient (Wildman–Crippen LogP) is 3.32. The molecule has 0 spiro atoms. The van der Waals surface area contributed by atoms with Gasteiger partial charge < -0.3 is 9.84 Å². The fourth-order valence-corrected chi connectivity index (χ4v) is 4.03. The minimum Gasteiger partial charge on any atom is -0.496 e. The van der Waals surface area contributed by atoms with Gasteiger partial charge in [-0.25, -0.2) is 13.2 Å². The molecule has 0 radical (unpaired) electrons. The van der Waals surface area contributed by atoms with E-state index in [0.29, 0.717) is 6.42 Å². The Hall–Kier alpha value is -2.34. The van der Waals surface area contributed by atoms with E-state index in [1.165, 1.54) is 19.2 Å². The molecule has 1 N–H and O–H groups in total. The van der Waals surface area contributed by atoms with E-state index in [1.54, 1.807) is 30.3 Å². The van der Waals surface area contributed by atoms with E-state index in [1.807, 2.05) is 6.92 Å². The zero-order valence-corrected chi connectivity index (χ0v) is 14.5. The molecule has 0 atom stereocenters. The number of aromatic carboxylic acids is 1. The molecule has 0 fully saturated rings. The molecule has 0 bridgehead atoms. The Balaban J connectivity index is 2.53. The van der Waals surface area contributed by atoms with E-state index < -0.39 is 15.8 Å². The summed E-state index contributed by atoms with van der Waals surface area (Å²) in [5, 5.41) is 9.56. The molecule has 0 aliphatic heterocycles. The molecule has 128 valence electrons. The molecule has 0 aromatic heterocycles. The van der Waals surface area contributed by atoms with Gasteiger partial charge >= 0.3 is 5.97 Å². The van der Waals surface area contributed by atoms with Crippen LogP contribution in [0.25, 0.3) is 0 Å². The van der Waals surface area contributed by atoms with Gasteiger partial charge in [0.2, 0.25) is 0 Å². The lowest BCUT2D eigenvalue weighted by Crippen LogP contribution is -2.12. The van der Waals surface area contributed by atoms with Crippen LogP contribution in [0, 0.1) is 0 Å². The van der Waals surface area contributed by atoms with Crippen LogP contribution in [0.1, 0.15) is 34.8 Å². The lowest BCUT2D eigenvalue weighted by molar-refractivity contribution is 0.0692. The number of hydrogen-bond acceptors (Lipinski definition) is 4. The third kappa shape index (κ3) is 3.76. The standard InChI is InChI=1S/C18H20O5S/c1-3-7-13-10-11-14(16(18(19)20)17(13)23-2)12-24(21,22)15-8-5-4-6-9-15/h4-6,8-11H,3,7,12H2,1-2H3,(H,19,20). The monoisotopic (exact) mass is 348 g/mol. The van der Waals surface area contributed by atoms with Gasteiger partial charge in [-0.2, -0.15) is 0 Å². The Morgan fingerprint density at radius 2 is 1.71 bits per heavy atom. The summed E-state index contributed by atoms with van der Waals surface area (Å²) in [5.41, 5.74) is 0.907. The van der Waals surface area contributed by atoms with Crippen molar-refractivity contribution in [3.8, 4) is 5.75 Å². The number of benzene rings is 2. The van der Waals surface area contributed by atoms with E-state index in [-0.39, 0.29) is 27.5 Å². The van der Waals surface area contributed by atoms with Crippen LogP contribution in [0.2, 0.25) is 0 Å². The van der Waals surface area contributed by atoms with Crippen LogP contribution in [-0.2, 0) is 22.0 Å². The number of aryl methyl sites for hydroxylation is 1. The molecular formula is C18H20O5S. The topological polar surface area (TPSA) is 80.7 Å². The molecule has 0 saturated carbocycles. The van der Waals surface area contributed by atoms with Crippen LogP contribution >= 0.6 is 0 Å². The van der Waals surface area contributed by atoms with Crippen molar-refractivity contribution in [3.05, 3.63) is 59.2 Å². The van der Waals surface area contributed by atoms with Crippen LogP contribution < -0.4 is 4.74 Å². The van der Waals surface area contributed by atoms with E-state index in [4.69, 9.17) is 4.74 Å². The fraction of sp³-hybridized carbons (Fsp3) is 0.278. The van der Waals surface area contributed by atoms with E-state index >= 15 is 0 Å². The summed E-state index contributed by atoms with van der Waals surface area (Å²) in [4.78, 5) is 11.9. The second-order valence-corrected chi connectivity index (χ2v) is 7.41. The largest absolute Gasteiger partial charge is 0.496 e. The van der Waals surface area contributed by atoms with Crippen LogP contribution in [0.4, 0.5) is 0 Å². The highest BCUT2D eigenvalue weighted by Gasteiger charge is 2.24. The van der Waals surface area contributed by atoms with Crippen LogP contribution in [0.3, 0.4) is 0 Å². The van der Waals surface area contributed by atoms with Crippen LogP contribution in [-0.4, -0.2) is 26.6 Å². The first kappa shape index (κ1) is 18.0. The van der Waals surface area contributed by atoms with Crippen molar-refractivity contribution in [1.82, 2.24) is 0 Å². The molecule has 0 saturated heterocycles. The highest BCUT2D eigenvalue weighted by atomic mass is 32.2. The van der Waals surface area contributed by atoms with Gasteiger partial charge in [0.25, 0.3) is 0 Å². The van der Waals surface area contributed by atoms with Gasteiger partial charge in [-0.1, -0.05) is 43.7 Å². The first-order valence-electron chi connectivity index (χ1n) is 7.60. The molecule has 0 aliphatic rings. The van der Waals surface area contributed by atoms with Gasteiger partial charge in [0.15, 0.2) is 9.84 Å². The number of carboxylic acid groups (broad SMARTS) is 1. The quantitative estimate of drug-likeness (QED) is 0.830. The number of rotatable bonds is 7. The van der Waals surface area contributed by atoms with Gasteiger partial charge in [-0.05, 0) is 29.7 Å². The van der Waals surface area contributed by atoms with Crippen molar-refractivity contribution in [2.24, 2.45) is 0 Å². The Morgan fingerprint density at radius 1 is 1.08 bits per heavy atom. The van der Waals surface area contributed by atoms with Crippen molar-refractivity contribution in [2.75, 3.05) is 7.11 Å².